The minimum Gasteiger partial charge on any atom is -0.616 e. The van der Waals surface area contributed by atoms with Gasteiger partial charge in [-0.2, -0.15) is 0 Å². The van der Waals surface area contributed by atoms with Gasteiger partial charge in [-0.15, -0.1) is 0 Å². The van der Waals surface area contributed by atoms with E-state index < -0.39 is 11.2 Å². The number of carbonyl (C=O) groups excluding carboxylic acids is 2. The van der Waals surface area contributed by atoms with Gasteiger partial charge >= 0.3 is 5.97 Å². The van der Waals surface area contributed by atoms with Crippen molar-refractivity contribution >= 4 is 34.0 Å². The molecule has 0 radical (unpaired) electrons. The van der Waals surface area contributed by atoms with Crippen molar-refractivity contribution < 1.29 is 18.9 Å². The number of carbonyl (C=O) groups is 2. The van der Waals surface area contributed by atoms with Crippen LogP contribution < -0.4 is 0 Å². The van der Waals surface area contributed by atoms with Gasteiger partial charge in [0.2, 0.25) is 0 Å². The first kappa shape index (κ1) is 15.8. The molecule has 0 rings (SSSR count). The van der Waals surface area contributed by atoms with E-state index in [-0.39, 0.29) is 22.8 Å². The molecule has 0 aromatic carbocycles. The summed E-state index contributed by atoms with van der Waals surface area (Å²) in [5, 5.41) is 0.257. The molecular weight excluding hydrogens is 248 g/mol. The zero-order valence-corrected chi connectivity index (χ0v) is 11.5. The van der Waals surface area contributed by atoms with Crippen molar-refractivity contribution in [3.8, 4) is 0 Å². The summed E-state index contributed by atoms with van der Waals surface area (Å²) < 4.78 is 15.9. The van der Waals surface area contributed by atoms with E-state index in [4.69, 9.17) is 0 Å². The third kappa shape index (κ3) is 9.06. The molecule has 0 aliphatic carbocycles. The fraction of sp³-hybridized carbons (Fsp3) is 0.800. The van der Waals surface area contributed by atoms with Crippen LogP contribution >= 0.6 is 11.8 Å². The summed E-state index contributed by atoms with van der Waals surface area (Å²) in [6, 6.07) is 0. The normalized spacial score (nSPS) is 14.2. The zero-order chi connectivity index (χ0) is 12.6. The van der Waals surface area contributed by atoms with Crippen LogP contribution in [0.5, 0.6) is 0 Å². The number of esters is 1. The van der Waals surface area contributed by atoms with Gasteiger partial charge in [0.1, 0.15) is 11.5 Å². The molecule has 0 saturated heterocycles. The van der Waals surface area contributed by atoms with E-state index in [9.17, 15) is 14.1 Å². The Morgan fingerprint density at radius 3 is 2.56 bits per heavy atom. The highest BCUT2D eigenvalue weighted by atomic mass is 32.2. The molecule has 16 heavy (non-hydrogen) atoms. The van der Waals surface area contributed by atoms with E-state index in [0.717, 1.165) is 6.42 Å². The van der Waals surface area contributed by atoms with Crippen molar-refractivity contribution in [1.29, 1.82) is 0 Å². The lowest BCUT2D eigenvalue weighted by Crippen LogP contribution is -2.17. The highest BCUT2D eigenvalue weighted by Gasteiger charge is 2.13. The molecule has 6 heteroatoms. The molecule has 0 heterocycles. The van der Waals surface area contributed by atoms with Crippen molar-refractivity contribution in [2.75, 3.05) is 18.6 Å². The molecule has 2 atom stereocenters. The second-order valence-electron chi connectivity index (χ2n) is 3.38. The van der Waals surface area contributed by atoms with Crippen molar-refractivity contribution in [3.05, 3.63) is 0 Å². The van der Waals surface area contributed by atoms with Gasteiger partial charge in [0, 0.05) is 18.6 Å². The van der Waals surface area contributed by atoms with Crippen LogP contribution in [0.1, 0.15) is 26.7 Å². The van der Waals surface area contributed by atoms with Gasteiger partial charge in [0.15, 0.2) is 5.12 Å². The lowest BCUT2D eigenvalue weighted by molar-refractivity contribution is -0.140. The number of methoxy groups -OCH3 is 1. The molecule has 0 amide bonds. The Balaban J connectivity index is 3.60. The number of ether oxygens (including phenoxy) is 1. The molecule has 2 unspecified atom stereocenters. The van der Waals surface area contributed by atoms with Crippen molar-refractivity contribution in [2.45, 2.75) is 31.9 Å². The smallest absolute Gasteiger partial charge is 0.310 e. The molecule has 0 spiro atoms. The van der Waals surface area contributed by atoms with E-state index in [1.54, 1.807) is 0 Å². The van der Waals surface area contributed by atoms with Crippen LogP contribution in [0.4, 0.5) is 0 Å². The van der Waals surface area contributed by atoms with Gasteiger partial charge in [-0.05, 0) is 0 Å². The zero-order valence-electron chi connectivity index (χ0n) is 9.86. The SMILES string of the molecule is COC(=O)CC[S+]([O-])CCC(C)SC(C)=O. The van der Waals surface area contributed by atoms with Crippen molar-refractivity contribution in [2.24, 2.45) is 0 Å². The molecule has 0 N–H and O–H groups in total. The Labute approximate surface area is 104 Å². The van der Waals surface area contributed by atoms with Crippen LogP contribution in [0.15, 0.2) is 0 Å². The first-order chi connectivity index (χ1) is 7.45. The van der Waals surface area contributed by atoms with Crippen LogP contribution in [0.2, 0.25) is 0 Å². The predicted molar refractivity (Wildman–Crippen MR) is 66.9 cm³/mol. The van der Waals surface area contributed by atoms with Crippen molar-refractivity contribution in [1.82, 2.24) is 0 Å². The second-order valence-corrected chi connectivity index (χ2v) is 6.69. The average molecular weight is 266 g/mol. The lowest BCUT2D eigenvalue weighted by Gasteiger charge is -2.12. The highest BCUT2D eigenvalue weighted by Crippen LogP contribution is 2.15. The topological polar surface area (TPSA) is 66.4 Å². The standard InChI is InChI=1S/C10H18O4S2/c1-8(15-9(2)11)4-6-16(13)7-5-10(12)14-3/h8H,4-7H2,1-3H3. The maximum Gasteiger partial charge on any atom is 0.310 e. The lowest BCUT2D eigenvalue weighted by atomic mass is 10.4. The Kier molecular flexibility index (Phi) is 8.78. The molecule has 0 saturated carbocycles. The minimum absolute atomic E-state index is 0.0767. The molecule has 0 aliphatic heterocycles. The first-order valence-electron chi connectivity index (χ1n) is 5.04. The number of hydrogen-bond acceptors (Lipinski definition) is 5. The van der Waals surface area contributed by atoms with Gasteiger partial charge in [0.05, 0.1) is 13.5 Å². The molecular formula is C10H18O4S2. The molecule has 0 aliphatic rings. The maximum atomic E-state index is 11.5. The Morgan fingerprint density at radius 1 is 1.44 bits per heavy atom. The van der Waals surface area contributed by atoms with E-state index in [1.165, 1.54) is 25.8 Å². The van der Waals surface area contributed by atoms with Crippen LogP contribution in [0.25, 0.3) is 0 Å². The van der Waals surface area contributed by atoms with Crippen LogP contribution in [-0.2, 0) is 25.5 Å². The van der Waals surface area contributed by atoms with E-state index in [1.807, 2.05) is 6.92 Å². The van der Waals surface area contributed by atoms with Crippen LogP contribution in [-0.4, -0.2) is 39.5 Å². The van der Waals surface area contributed by atoms with E-state index in [0.29, 0.717) is 11.5 Å². The quantitative estimate of drug-likeness (QED) is 0.514. The summed E-state index contributed by atoms with van der Waals surface area (Å²) in [5.74, 6) is 0.530. The summed E-state index contributed by atoms with van der Waals surface area (Å²) in [4.78, 5) is 21.6. The average Bonchev–Trinajstić information content (AvgIpc) is 2.22. The minimum atomic E-state index is -1.00. The van der Waals surface area contributed by atoms with Crippen LogP contribution in [0.3, 0.4) is 0 Å². The van der Waals surface area contributed by atoms with Gasteiger partial charge in [-0.3, -0.25) is 9.59 Å². The Morgan fingerprint density at radius 2 is 2.06 bits per heavy atom. The fourth-order valence-corrected chi connectivity index (χ4v) is 3.21. The maximum absolute atomic E-state index is 11.5. The van der Waals surface area contributed by atoms with E-state index >= 15 is 0 Å². The number of thioether (sulfide) groups is 1. The largest absolute Gasteiger partial charge is 0.616 e. The van der Waals surface area contributed by atoms with Gasteiger partial charge in [-0.1, -0.05) is 29.9 Å². The summed E-state index contributed by atoms with van der Waals surface area (Å²) in [6.07, 6.45) is 0.912. The number of hydrogen-bond donors (Lipinski definition) is 0. The first-order valence-corrected chi connectivity index (χ1v) is 7.41. The Bertz CT molecular complexity index is 233. The molecule has 4 nitrogen and oxygen atoms in total. The summed E-state index contributed by atoms with van der Waals surface area (Å²) in [7, 11) is 1.32. The molecule has 94 valence electrons. The summed E-state index contributed by atoms with van der Waals surface area (Å²) in [6.45, 7) is 3.46. The molecule has 0 aromatic rings. The van der Waals surface area contributed by atoms with Gasteiger partial charge in [-0.25, -0.2) is 0 Å². The van der Waals surface area contributed by atoms with Crippen LogP contribution in [0, 0.1) is 0 Å². The monoisotopic (exact) mass is 266 g/mol. The molecule has 0 aromatic heterocycles. The fourth-order valence-electron chi connectivity index (χ4n) is 1.04. The Hall–Kier alpha value is -0.200. The van der Waals surface area contributed by atoms with Gasteiger partial charge < -0.3 is 9.29 Å². The third-order valence-corrected chi connectivity index (χ3v) is 4.20. The summed E-state index contributed by atoms with van der Waals surface area (Å²) in [5.41, 5.74) is 0. The molecule has 0 bridgehead atoms. The van der Waals surface area contributed by atoms with Crippen molar-refractivity contribution in [3.63, 3.8) is 0 Å². The van der Waals surface area contributed by atoms with E-state index in [2.05, 4.69) is 4.74 Å². The summed E-state index contributed by atoms with van der Waals surface area (Å²) >= 11 is 0.257. The molecule has 0 fully saturated rings. The highest BCUT2D eigenvalue weighted by molar-refractivity contribution is 8.14. The second kappa shape index (κ2) is 8.90. The third-order valence-electron chi connectivity index (χ3n) is 1.88. The number of rotatable bonds is 7. The predicted octanol–water partition coefficient (Wildman–Crippen LogP) is 1.36. The van der Waals surface area contributed by atoms with Gasteiger partial charge in [0.25, 0.3) is 0 Å².